The number of benzene rings is 1. The normalized spacial score (nSPS) is 34.6. The van der Waals surface area contributed by atoms with Crippen molar-refractivity contribution in [2.24, 2.45) is 5.92 Å². The van der Waals surface area contributed by atoms with Crippen LogP contribution >= 0.6 is 0 Å². The van der Waals surface area contributed by atoms with Gasteiger partial charge in [0.1, 0.15) is 5.75 Å². The lowest BCUT2D eigenvalue weighted by atomic mass is 9.75. The van der Waals surface area contributed by atoms with Crippen LogP contribution in [-0.4, -0.2) is 24.4 Å². The summed E-state index contributed by atoms with van der Waals surface area (Å²) in [6, 6.07) is 8.05. The van der Waals surface area contributed by atoms with Gasteiger partial charge in [0, 0.05) is 12.0 Å². The molecule has 0 aromatic heterocycles. The molecular weight excluding hydrogens is 264 g/mol. The summed E-state index contributed by atoms with van der Waals surface area (Å²) < 4.78 is 18.0. The van der Waals surface area contributed by atoms with E-state index in [2.05, 4.69) is 26.8 Å². The fourth-order valence-corrected chi connectivity index (χ4v) is 3.82. The van der Waals surface area contributed by atoms with Crippen molar-refractivity contribution in [3.8, 4) is 5.75 Å². The van der Waals surface area contributed by atoms with Crippen molar-refractivity contribution >= 4 is 0 Å². The van der Waals surface area contributed by atoms with Gasteiger partial charge in [-0.3, -0.25) is 0 Å². The molecule has 116 valence electrons. The van der Waals surface area contributed by atoms with Crippen LogP contribution in [0.5, 0.6) is 5.75 Å². The van der Waals surface area contributed by atoms with Crippen LogP contribution < -0.4 is 4.74 Å². The van der Waals surface area contributed by atoms with Gasteiger partial charge in [-0.1, -0.05) is 32.0 Å². The fraction of sp³-hybridized carbons (Fsp3) is 0.667. The lowest BCUT2D eigenvalue weighted by molar-refractivity contribution is -0.0961. The molecule has 0 aliphatic carbocycles. The SMILES string of the molecule is COc1ccccc1CO[C@H]1C[C@]2(C(C)C)CC[C@@]1(C)O2. The van der Waals surface area contributed by atoms with Gasteiger partial charge >= 0.3 is 0 Å². The predicted molar refractivity (Wildman–Crippen MR) is 82.5 cm³/mol. The van der Waals surface area contributed by atoms with Gasteiger partial charge in [0.05, 0.1) is 31.0 Å². The molecule has 0 saturated carbocycles. The number of methoxy groups -OCH3 is 1. The molecule has 2 saturated heterocycles. The third-order valence-electron chi connectivity index (χ3n) is 5.38. The largest absolute Gasteiger partial charge is 0.496 e. The molecule has 2 bridgehead atoms. The third-order valence-corrected chi connectivity index (χ3v) is 5.38. The fourth-order valence-electron chi connectivity index (χ4n) is 3.82. The summed E-state index contributed by atoms with van der Waals surface area (Å²) in [7, 11) is 1.70. The van der Waals surface area contributed by atoms with E-state index in [1.54, 1.807) is 7.11 Å². The van der Waals surface area contributed by atoms with Crippen molar-refractivity contribution in [2.75, 3.05) is 7.11 Å². The Kier molecular flexibility index (Phi) is 3.74. The summed E-state index contributed by atoms with van der Waals surface area (Å²) in [6.07, 6.45) is 3.45. The molecule has 2 heterocycles. The first kappa shape index (κ1) is 14.9. The van der Waals surface area contributed by atoms with Crippen LogP contribution in [0.25, 0.3) is 0 Å². The second-order valence-electron chi connectivity index (χ2n) is 6.95. The summed E-state index contributed by atoms with van der Waals surface area (Å²) in [6.45, 7) is 7.31. The number of fused-ring (bicyclic) bond motifs is 2. The molecule has 3 nitrogen and oxygen atoms in total. The van der Waals surface area contributed by atoms with Crippen molar-refractivity contribution in [1.82, 2.24) is 0 Å². The standard InChI is InChI=1S/C18H26O3/c1-13(2)18-10-9-17(3,21-18)16(11-18)20-12-14-7-5-6-8-15(14)19-4/h5-8,13,16H,9-12H2,1-4H3/t16-,17+,18-/m0/s1. The summed E-state index contributed by atoms with van der Waals surface area (Å²) in [4.78, 5) is 0. The molecule has 3 rings (SSSR count). The van der Waals surface area contributed by atoms with Gasteiger partial charge in [-0.05, 0) is 31.7 Å². The van der Waals surface area contributed by atoms with E-state index in [0.29, 0.717) is 12.5 Å². The molecule has 0 amide bonds. The molecule has 3 heteroatoms. The van der Waals surface area contributed by atoms with Crippen molar-refractivity contribution in [2.45, 2.75) is 63.9 Å². The van der Waals surface area contributed by atoms with E-state index in [-0.39, 0.29) is 17.3 Å². The molecule has 0 unspecified atom stereocenters. The number of hydrogen-bond donors (Lipinski definition) is 0. The topological polar surface area (TPSA) is 27.7 Å². The maximum Gasteiger partial charge on any atom is 0.124 e. The van der Waals surface area contributed by atoms with E-state index < -0.39 is 0 Å². The minimum absolute atomic E-state index is 0.0280. The van der Waals surface area contributed by atoms with E-state index in [0.717, 1.165) is 30.6 Å². The Balaban J connectivity index is 1.69. The summed E-state index contributed by atoms with van der Waals surface area (Å²) >= 11 is 0. The molecule has 0 N–H and O–H groups in total. The van der Waals surface area contributed by atoms with E-state index >= 15 is 0 Å². The summed E-state index contributed by atoms with van der Waals surface area (Å²) in [5.41, 5.74) is 1.01. The molecule has 1 aromatic rings. The van der Waals surface area contributed by atoms with Gasteiger partial charge in [0.2, 0.25) is 0 Å². The van der Waals surface area contributed by atoms with Crippen LogP contribution in [0, 0.1) is 5.92 Å². The average Bonchev–Trinajstić information content (AvgIpc) is 2.97. The van der Waals surface area contributed by atoms with Crippen LogP contribution in [0.1, 0.15) is 45.6 Å². The van der Waals surface area contributed by atoms with Crippen molar-refractivity contribution in [1.29, 1.82) is 0 Å². The lowest BCUT2D eigenvalue weighted by Gasteiger charge is -2.31. The van der Waals surface area contributed by atoms with Gasteiger partial charge in [0.15, 0.2) is 0 Å². The van der Waals surface area contributed by atoms with Crippen molar-refractivity contribution in [3.05, 3.63) is 29.8 Å². The monoisotopic (exact) mass is 290 g/mol. The van der Waals surface area contributed by atoms with E-state index in [1.807, 2.05) is 18.2 Å². The average molecular weight is 290 g/mol. The second kappa shape index (κ2) is 5.29. The molecule has 3 atom stereocenters. The van der Waals surface area contributed by atoms with Gasteiger partial charge < -0.3 is 14.2 Å². The Bertz CT molecular complexity index is 513. The van der Waals surface area contributed by atoms with Crippen LogP contribution in [-0.2, 0) is 16.1 Å². The Morgan fingerprint density at radius 1 is 1.29 bits per heavy atom. The molecular formula is C18H26O3. The number of para-hydroxylation sites is 1. The minimum Gasteiger partial charge on any atom is -0.496 e. The maximum atomic E-state index is 6.41. The number of rotatable bonds is 5. The van der Waals surface area contributed by atoms with Crippen molar-refractivity contribution < 1.29 is 14.2 Å². The number of hydrogen-bond acceptors (Lipinski definition) is 3. The van der Waals surface area contributed by atoms with E-state index in [1.165, 1.54) is 0 Å². The lowest BCUT2D eigenvalue weighted by Crippen LogP contribution is -2.38. The predicted octanol–water partition coefficient (Wildman–Crippen LogP) is 3.95. The highest BCUT2D eigenvalue weighted by molar-refractivity contribution is 5.32. The Morgan fingerprint density at radius 2 is 2.05 bits per heavy atom. The zero-order chi connectivity index (χ0) is 15.1. The van der Waals surface area contributed by atoms with Gasteiger partial charge in [-0.25, -0.2) is 0 Å². The highest BCUT2D eigenvalue weighted by atomic mass is 16.6. The van der Waals surface area contributed by atoms with Crippen LogP contribution in [0.15, 0.2) is 24.3 Å². The molecule has 21 heavy (non-hydrogen) atoms. The molecule has 2 aliphatic rings. The van der Waals surface area contributed by atoms with E-state index in [9.17, 15) is 0 Å². The minimum atomic E-state index is -0.119. The van der Waals surface area contributed by atoms with Gasteiger partial charge in [0.25, 0.3) is 0 Å². The highest BCUT2D eigenvalue weighted by Crippen LogP contribution is 2.55. The zero-order valence-corrected chi connectivity index (χ0v) is 13.5. The Hall–Kier alpha value is -1.06. The quantitative estimate of drug-likeness (QED) is 0.822. The van der Waals surface area contributed by atoms with Crippen molar-refractivity contribution in [3.63, 3.8) is 0 Å². The molecule has 0 radical (unpaired) electrons. The van der Waals surface area contributed by atoms with Crippen LogP contribution in [0.2, 0.25) is 0 Å². The Labute approximate surface area is 127 Å². The summed E-state index contributed by atoms with van der Waals surface area (Å²) in [5, 5.41) is 0. The van der Waals surface area contributed by atoms with Gasteiger partial charge in [-0.2, -0.15) is 0 Å². The van der Waals surface area contributed by atoms with Gasteiger partial charge in [-0.15, -0.1) is 0 Å². The molecule has 2 aliphatic heterocycles. The van der Waals surface area contributed by atoms with Crippen LogP contribution in [0.4, 0.5) is 0 Å². The molecule has 1 aromatic carbocycles. The molecule has 2 fully saturated rings. The van der Waals surface area contributed by atoms with E-state index in [4.69, 9.17) is 14.2 Å². The highest BCUT2D eigenvalue weighted by Gasteiger charge is 2.60. The van der Waals surface area contributed by atoms with Crippen LogP contribution in [0.3, 0.4) is 0 Å². The first-order valence-electron chi connectivity index (χ1n) is 7.93. The second-order valence-corrected chi connectivity index (χ2v) is 6.95. The zero-order valence-electron chi connectivity index (χ0n) is 13.5. The third kappa shape index (κ3) is 2.47. The first-order valence-corrected chi connectivity index (χ1v) is 7.93. The summed E-state index contributed by atoms with van der Waals surface area (Å²) in [5.74, 6) is 1.43. The Morgan fingerprint density at radius 3 is 2.71 bits per heavy atom. The number of ether oxygens (including phenoxy) is 3. The first-order chi connectivity index (χ1) is 9.99. The molecule has 0 spiro atoms. The maximum absolute atomic E-state index is 6.41. The smallest absolute Gasteiger partial charge is 0.124 e.